The minimum Gasteiger partial charge on any atom is -0.476 e. The molecule has 0 bridgehead atoms. The number of hydrogen-bond donors (Lipinski definition) is 2. The van der Waals surface area contributed by atoms with E-state index >= 15 is 0 Å². The molecule has 0 atom stereocenters. The largest absolute Gasteiger partial charge is 0.476 e. The van der Waals surface area contributed by atoms with E-state index in [-0.39, 0.29) is 26.9 Å². The predicted molar refractivity (Wildman–Crippen MR) is 91.2 cm³/mol. The van der Waals surface area contributed by atoms with Gasteiger partial charge in [0.05, 0.1) is 26.6 Å². The van der Waals surface area contributed by atoms with E-state index in [1.54, 1.807) is 0 Å². The van der Waals surface area contributed by atoms with Crippen LogP contribution >= 0.6 is 23.2 Å². The molecule has 10 heteroatoms. The first-order valence-electron chi connectivity index (χ1n) is 6.99. The Labute approximate surface area is 154 Å². The minimum absolute atomic E-state index is 0.0232. The van der Waals surface area contributed by atoms with Crippen LogP contribution in [0.4, 0.5) is 24.7 Å². The van der Waals surface area contributed by atoms with E-state index in [1.165, 1.54) is 18.2 Å². The van der Waals surface area contributed by atoms with Crippen LogP contribution < -0.4 is 5.32 Å². The Bertz CT molecular complexity index is 1030. The summed E-state index contributed by atoms with van der Waals surface area (Å²) in [5, 5.41) is 12.5. The number of halogens is 5. The molecule has 0 aliphatic heterocycles. The van der Waals surface area contributed by atoms with Gasteiger partial charge in [-0.2, -0.15) is 13.2 Å². The second-order valence-electron chi connectivity index (χ2n) is 5.18. The van der Waals surface area contributed by atoms with Crippen molar-refractivity contribution in [1.82, 2.24) is 9.97 Å². The quantitative estimate of drug-likeness (QED) is 0.614. The third-order valence-electron chi connectivity index (χ3n) is 3.38. The number of nitrogens with one attached hydrogen (secondary N) is 1. The molecule has 3 aromatic rings. The van der Waals surface area contributed by atoms with Crippen LogP contribution in [-0.4, -0.2) is 21.0 Å². The van der Waals surface area contributed by atoms with Crippen molar-refractivity contribution in [3.05, 3.63) is 57.7 Å². The first kappa shape index (κ1) is 18.2. The van der Waals surface area contributed by atoms with Crippen molar-refractivity contribution >= 4 is 51.7 Å². The van der Waals surface area contributed by atoms with E-state index in [0.29, 0.717) is 5.69 Å². The zero-order chi connectivity index (χ0) is 19.1. The summed E-state index contributed by atoms with van der Waals surface area (Å²) in [5.41, 5.74) is -1.09. The van der Waals surface area contributed by atoms with Gasteiger partial charge in [-0.3, -0.25) is 0 Å². The van der Waals surface area contributed by atoms with Crippen molar-refractivity contribution in [2.45, 2.75) is 6.18 Å². The Morgan fingerprint density at radius 2 is 1.73 bits per heavy atom. The van der Waals surface area contributed by atoms with E-state index in [1.807, 2.05) is 0 Å². The predicted octanol–water partition coefficient (Wildman–Crippen LogP) is 5.40. The van der Waals surface area contributed by atoms with Gasteiger partial charge >= 0.3 is 12.1 Å². The fourth-order valence-corrected chi connectivity index (χ4v) is 2.48. The Balaban J connectivity index is 2.13. The third-order valence-corrected chi connectivity index (χ3v) is 4.12. The van der Waals surface area contributed by atoms with Crippen LogP contribution in [0.5, 0.6) is 0 Å². The van der Waals surface area contributed by atoms with Crippen LogP contribution in [0, 0.1) is 0 Å². The highest BCUT2D eigenvalue weighted by Crippen LogP contribution is 2.32. The summed E-state index contributed by atoms with van der Waals surface area (Å²) in [6.07, 6.45) is -4.56. The molecule has 0 spiro atoms. The molecular formula is C16H8Cl2F3N3O2. The summed E-state index contributed by atoms with van der Waals surface area (Å²) in [5.74, 6) is -1.61. The molecule has 5 nitrogen and oxygen atoms in total. The van der Waals surface area contributed by atoms with Gasteiger partial charge < -0.3 is 10.4 Å². The first-order valence-corrected chi connectivity index (χ1v) is 7.75. The lowest BCUT2D eigenvalue weighted by molar-refractivity contribution is -0.137. The number of nitrogens with zero attached hydrogens (tertiary/aromatic N) is 2. The number of fused-ring (bicyclic) bond motifs is 1. The molecule has 1 aromatic heterocycles. The summed E-state index contributed by atoms with van der Waals surface area (Å²) in [6, 6.07) is 7.09. The number of aromatic nitrogens is 2. The number of hydrogen-bond acceptors (Lipinski definition) is 4. The van der Waals surface area contributed by atoms with Crippen molar-refractivity contribution in [1.29, 1.82) is 0 Å². The number of aromatic carboxylic acids is 1. The van der Waals surface area contributed by atoms with Gasteiger partial charge in [0.25, 0.3) is 0 Å². The van der Waals surface area contributed by atoms with E-state index in [4.69, 9.17) is 23.2 Å². The van der Waals surface area contributed by atoms with Crippen LogP contribution in [0.3, 0.4) is 0 Å². The maximum absolute atomic E-state index is 12.9. The fourth-order valence-electron chi connectivity index (χ4n) is 2.18. The second-order valence-corrected chi connectivity index (χ2v) is 6.00. The van der Waals surface area contributed by atoms with Crippen LogP contribution in [0.25, 0.3) is 11.0 Å². The third kappa shape index (κ3) is 3.66. The fraction of sp³-hybridized carbons (Fsp3) is 0.0625. The smallest absolute Gasteiger partial charge is 0.416 e. The number of anilines is 2. The maximum atomic E-state index is 12.9. The normalized spacial score (nSPS) is 11.6. The van der Waals surface area contributed by atoms with Gasteiger partial charge in [-0.1, -0.05) is 23.2 Å². The van der Waals surface area contributed by atoms with E-state index < -0.39 is 23.4 Å². The number of carboxylic acids is 1. The van der Waals surface area contributed by atoms with Crippen LogP contribution in [0.2, 0.25) is 10.0 Å². The maximum Gasteiger partial charge on any atom is 0.416 e. The molecule has 0 saturated heterocycles. The highest BCUT2D eigenvalue weighted by atomic mass is 35.5. The van der Waals surface area contributed by atoms with Crippen LogP contribution in [-0.2, 0) is 6.18 Å². The van der Waals surface area contributed by atoms with Crippen molar-refractivity contribution in [3.8, 4) is 0 Å². The molecule has 0 radical (unpaired) electrons. The number of carbonyl (C=O) groups is 1. The monoisotopic (exact) mass is 401 g/mol. The molecule has 0 aliphatic rings. The summed E-state index contributed by atoms with van der Waals surface area (Å²) >= 11 is 11.7. The number of rotatable bonds is 3. The molecule has 0 fully saturated rings. The highest BCUT2D eigenvalue weighted by molar-refractivity contribution is 6.42. The Kier molecular flexibility index (Phi) is 4.64. The second kappa shape index (κ2) is 6.62. The summed E-state index contributed by atoms with van der Waals surface area (Å²) in [7, 11) is 0. The number of carboxylic acid groups (broad SMARTS) is 1. The van der Waals surface area contributed by atoms with Crippen molar-refractivity contribution in [2.75, 3.05) is 5.32 Å². The van der Waals surface area contributed by atoms with Crippen LogP contribution in [0.1, 0.15) is 16.1 Å². The Morgan fingerprint density at radius 1 is 1.00 bits per heavy atom. The van der Waals surface area contributed by atoms with Gasteiger partial charge in [0.15, 0.2) is 11.5 Å². The van der Waals surface area contributed by atoms with Gasteiger partial charge in [0.2, 0.25) is 0 Å². The van der Waals surface area contributed by atoms with Crippen molar-refractivity contribution in [3.63, 3.8) is 0 Å². The summed E-state index contributed by atoms with van der Waals surface area (Å²) in [6.45, 7) is 0. The van der Waals surface area contributed by atoms with E-state index in [2.05, 4.69) is 15.3 Å². The van der Waals surface area contributed by atoms with Crippen LogP contribution in [0.15, 0.2) is 36.4 Å². The zero-order valence-electron chi connectivity index (χ0n) is 12.6. The SMILES string of the molecule is O=C(O)c1nc2ccc(C(F)(F)F)cc2nc1Nc1ccc(Cl)c(Cl)c1. The topological polar surface area (TPSA) is 75.1 Å². The minimum atomic E-state index is -4.56. The summed E-state index contributed by atoms with van der Waals surface area (Å²) < 4.78 is 38.6. The summed E-state index contributed by atoms with van der Waals surface area (Å²) in [4.78, 5) is 19.3. The molecule has 2 aromatic carbocycles. The first-order chi connectivity index (χ1) is 12.1. The average Bonchev–Trinajstić information content (AvgIpc) is 2.56. The van der Waals surface area contributed by atoms with Gasteiger partial charge in [-0.05, 0) is 36.4 Å². The lowest BCUT2D eigenvalue weighted by Gasteiger charge is -2.12. The van der Waals surface area contributed by atoms with E-state index in [9.17, 15) is 23.1 Å². The number of benzene rings is 2. The van der Waals surface area contributed by atoms with Gasteiger partial charge in [0, 0.05) is 5.69 Å². The molecule has 0 aliphatic carbocycles. The Hall–Kier alpha value is -2.58. The molecule has 26 heavy (non-hydrogen) atoms. The van der Waals surface area contributed by atoms with Gasteiger partial charge in [-0.15, -0.1) is 0 Å². The standard InChI is InChI=1S/C16H8Cl2F3N3O2/c17-9-3-2-8(6-10(9)18)22-14-13(15(25)26)23-11-4-1-7(16(19,20)21)5-12(11)24-14/h1-6H,(H,22,24)(H,25,26). The zero-order valence-corrected chi connectivity index (χ0v) is 14.1. The molecular weight excluding hydrogens is 394 g/mol. The van der Waals surface area contributed by atoms with Crippen molar-refractivity contribution in [2.24, 2.45) is 0 Å². The molecule has 0 unspecified atom stereocenters. The molecule has 134 valence electrons. The molecule has 0 saturated carbocycles. The van der Waals surface area contributed by atoms with E-state index in [0.717, 1.165) is 18.2 Å². The highest BCUT2D eigenvalue weighted by Gasteiger charge is 2.31. The molecule has 0 amide bonds. The average molecular weight is 402 g/mol. The lowest BCUT2D eigenvalue weighted by atomic mass is 10.2. The number of alkyl halides is 3. The van der Waals surface area contributed by atoms with Crippen molar-refractivity contribution < 1.29 is 23.1 Å². The molecule has 1 heterocycles. The Morgan fingerprint density at radius 3 is 2.35 bits per heavy atom. The molecule has 2 N–H and O–H groups in total. The lowest BCUT2D eigenvalue weighted by Crippen LogP contribution is -2.10. The molecule has 3 rings (SSSR count). The van der Waals surface area contributed by atoms with Gasteiger partial charge in [-0.25, -0.2) is 14.8 Å². The van der Waals surface area contributed by atoms with Gasteiger partial charge in [0.1, 0.15) is 0 Å².